The van der Waals surface area contributed by atoms with E-state index in [1.165, 1.54) is 12.1 Å². The molecule has 2 atom stereocenters. The number of benzene rings is 1. The van der Waals surface area contributed by atoms with Gasteiger partial charge in [-0.05, 0) is 29.8 Å². The van der Waals surface area contributed by atoms with Crippen molar-refractivity contribution < 1.29 is 13.2 Å². The Balaban J connectivity index is 2.25. The average molecular weight is 397 g/mol. The second-order valence-electron chi connectivity index (χ2n) is 7.15. The molecule has 8 heteroatoms. The highest BCUT2D eigenvalue weighted by Crippen LogP contribution is 2.54. The topological polar surface area (TPSA) is 101 Å². The quantitative estimate of drug-likeness (QED) is 0.824. The molecule has 0 saturated heterocycles. The van der Waals surface area contributed by atoms with Crippen LogP contribution in [0.25, 0.3) is 0 Å². The van der Waals surface area contributed by atoms with E-state index in [1.54, 1.807) is 0 Å². The van der Waals surface area contributed by atoms with Crippen molar-refractivity contribution in [3.05, 3.63) is 58.3 Å². The lowest BCUT2D eigenvalue weighted by molar-refractivity contribution is -0.137. The molecule has 1 heterocycles. The van der Waals surface area contributed by atoms with E-state index < -0.39 is 29.0 Å². The minimum atomic E-state index is -4.49. The maximum absolute atomic E-state index is 13.0. The van der Waals surface area contributed by atoms with Crippen molar-refractivity contribution in [1.29, 1.82) is 15.8 Å². The van der Waals surface area contributed by atoms with Crippen LogP contribution in [0.5, 0.6) is 0 Å². The Labute approximate surface area is 166 Å². The van der Waals surface area contributed by atoms with Gasteiger partial charge in [0, 0.05) is 24.9 Å². The first-order chi connectivity index (χ1) is 13.7. The summed E-state index contributed by atoms with van der Waals surface area (Å²) >= 11 is 0. The van der Waals surface area contributed by atoms with Gasteiger partial charge in [0.1, 0.15) is 6.07 Å². The SMILES string of the molecule is CCN1CC=C2C(C#N)=C(N)C(C#N)(C#N)C(c3ccc(C(F)(F)F)cc3)C2C1. The van der Waals surface area contributed by atoms with Gasteiger partial charge in [-0.15, -0.1) is 0 Å². The fraction of sp³-hybridized carbons (Fsp3) is 0.381. The summed E-state index contributed by atoms with van der Waals surface area (Å²) in [4.78, 5) is 2.08. The molecule has 1 aromatic carbocycles. The monoisotopic (exact) mass is 397 g/mol. The molecular weight excluding hydrogens is 379 g/mol. The molecule has 0 bridgehead atoms. The smallest absolute Gasteiger partial charge is 0.399 e. The highest BCUT2D eigenvalue weighted by atomic mass is 19.4. The normalized spacial score (nSPS) is 24.0. The number of allylic oxidation sites excluding steroid dienone is 2. The van der Waals surface area contributed by atoms with Crippen molar-refractivity contribution in [3.8, 4) is 18.2 Å². The van der Waals surface area contributed by atoms with Crippen molar-refractivity contribution in [3.63, 3.8) is 0 Å². The van der Waals surface area contributed by atoms with Crippen LogP contribution in [0.3, 0.4) is 0 Å². The molecule has 2 N–H and O–H groups in total. The molecule has 0 fully saturated rings. The first-order valence-electron chi connectivity index (χ1n) is 9.06. The summed E-state index contributed by atoms with van der Waals surface area (Å²) in [5.41, 5.74) is 4.56. The molecule has 2 unspecified atom stereocenters. The van der Waals surface area contributed by atoms with E-state index in [-0.39, 0.29) is 11.3 Å². The molecule has 1 aliphatic heterocycles. The molecule has 0 amide bonds. The number of likely N-dealkylation sites (N-methyl/N-ethyl adjacent to an activating group) is 1. The summed E-state index contributed by atoms with van der Waals surface area (Å²) in [5.74, 6) is -1.21. The van der Waals surface area contributed by atoms with Crippen LogP contribution in [-0.2, 0) is 6.18 Å². The van der Waals surface area contributed by atoms with Gasteiger partial charge in [-0.3, -0.25) is 4.90 Å². The molecule has 2 aliphatic rings. The summed E-state index contributed by atoms with van der Waals surface area (Å²) in [7, 11) is 0. The lowest BCUT2D eigenvalue weighted by Crippen LogP contribution is -2.48. The molecule has 0 aromatic heterocycles. The van der Waals surface area contributed by atoms with Gasteiger partial charge in [0.25, 0.3) is 0 Å². The number of hydrogen-bond acceptors (Lipinski definition) is 5. The third kappa shape index (κ3) is 3.14. The van der Waals surface area contributed by atoms with Gasteiger partial charge in [-0.2, -0.15) is 29.0 Å². The van der Waals surface area contributed by atoms with Crippen LogP contribution >= 0.6 is 0 Å². The summed E-state index contributed by atoms with van der Waals surface area (Å²) in [6, 6.07) is 10.5. The van der Waals surface area contributed by atoms with E-state index in [0.717, 1.165) is 12.1 Å². The Bertz CT molecular complexity index is 985. The minimum Gasteiger partial charge on any atom is -0.399 e. The number of hydrogen-bond donors (Lipinski definition) is 1. The molecule has 148 valence electrons. The number of nitrogens with zero attached hydrogens (tertiary/aromatic N) is 4. The van der Waals surface area contributed by atoms with Crippen molar-refractivity contribution >= 4 is 0 Å². The van der Waals surface area contributed by atoms with Gasteiger partial charge < -0.3 is 5.73 Å². The van der Waals surface area contributed by atoms with Crippen LogP contribution in [0.4, 0.5) is 13.2 Å². The Morgan fingerprint density at radius 2 is 1.79 bits per heavy atom. The highest BCUT2D eigenvalue weighted by Gasteiger charge is 2.54. The molecule has 29 heavy (non-hydrogen) atoms. The Hall–Kier alpha value is -3.28. The molecular formula is C21H18F3N5. The minimum absolute atomic E-state index is 0.122. The standard InChI is InChI=1S/C21H18F3N5/c1-2-29-8-7-15-16(9-25)19(28)20(11-26,12-27)18(17(15)10-29)13-3-5-14(6-4-13)21(22,23)24/h3-7,17-18H,2,8,10,28H2,1H3. The first kappa shape index (κ1) is 20.5. The second kappa shape index (κ2) is 7.28. The van der Waals surface area contributed by atoms with E-state index in [9.17, 15) is 29.0 Å². The van der Waals surface area contributed by atoms with E-state index in [0.29, 0.717) is 30.8 Å². The predicted molar refractivity (Wildman–Crippen MR) is 98.4 cm³/mol. The van der Waals surface area contributed by atoms with Gasteiger partial charge >= 0.3 is 6.18 Å². The van der Waals surface area contributed by atoms with Crippen molar-refractivity contribution in [2.75, 3.05) is 19.6 Å². The third-order valence-corrected chi connectivity index (χ3v) is 5.78. The van der Waals surface area contributed by atoms with E-state index in [1.807, 2.05) is 31.2 Å². The van der Waals surface area contributed by atoms with Gasteiger partial charge in [0.15, 0.2) is 5.41 Å². The molecule has 0 spiro atoms. The second-order valence-corrected chi connectivity index (χ2v) is 7.15. The summed E-state index contributed by atoms with van der Waals surface area (Å²) in [6.45, 7) is 3.74. The van der Waals surface area contributed by atoms with Gasteiger partial charge in [0.2, 0.25) is 0 Å². The Morgan fingerprint density at radius 3 is 2.28 bits per heavy atom. The Morgan fingerprint density at radius 1 is 1.17 bits per heavy atom. The molecule has 1 aromatic rings. The molecule has 0 radical (unpaired) electrons. The van der Waals surface area contributed by atoms with Crippen LogP contribution in [0.15, 0.2) is 47.2 Å². The number of fused-ring (bicyclic) bond motifs is 1. The first-order valence-corrected chi connectivity index (χ1v) is 9.06. The fourth-order valence-corrected chi connectivity index (χ4v) is 4.25. The van der Waals surface area contributed by atoms with E-state index >= 15 is 0 Å². The van der Waals surface area contributed by atoms with Crippen molar-refractivity contribution in [2.45, 2.75) is 19.0 Å². The van der Waals surface area contributed by atoms with Gasteiger partial charge in [0.05, 0.1) is 29.0 Å². The molecule has 3 rings (SSSR count). The summed E-state index contributed by atoms with van der Waals surface area (Å²) < 4.78 is 39.0. The van der Waals surface area contributed by atoms with E-state index in [2.05, 4.69) is 4.90 Å². The van der Waals surface area contributed by atoms with Crippen molar-refractivity contribution in [1.82, 2.24) is 4.90 Å². The lowest BCUT2D eigenvalue weighted by Gasteiger charge is -2.45. The maximum Gasteiger partial charge on any atom is 0.416 e. The number of rotatable bonds is 2. The number of halogens is 3. The fourth-order valence-electron chi connectivity index (χ4n) is 4.25. The molecule has 5 nitrogen and oxygen atoms in total. The van der Waals surface area contributed by atoms with Crippen LogP contribution in [0.1, 0.15) is 24.0 Å². The number of nitrogens with two attached hydrogens (primary N) is 1. The maximum atomic E-state index is 13.0. The third-order valence-electron chi connectivity index (χ3n) is 5.78. The van der Waals surface area contributed by atoms with E-state index in [4.69, 9.17) is 5.73 Å². The molecule has 1 aliphatic carbocycles. The van der Waals surface area contributed by atoms with Crippen LogP contribution in [0.2, 0.25) is 0 Å². The number of alkyl halides is 3. The predicted octanol–water partition coefficient (Wildman–Crippen LogP) is 3.45. The van der Waals surface area contributed by atoms with Crippen molar-refractivity contribution in [2.24, 2.45) is 17.1 Å². The zero-order chi connectivity index (χ0) is 21.4. The van der Waals surface area contributed by atoms with Gasteiger partial charge in [-0.1, -0.05) is 25.1 Å². The largest absolute Gasteiger partial charge is 0.416 e. The highest BCUT2D eigenvalue weighted by molar-refractivity contribution is 5.59. The number of nitriles is 3. The zero-order valence-corrected chi connectivity index (χ0v) is 15.7. The lowest BCUT2D eigenvalue weighted by atomic mass is 9.58. The van der Waals surface area contributed by atoms with Crippen LogP contribution in [0, 0.1) is 45.3 Å². The molecule has 0 saturated carbocycles. The zero-order valence-electron chi connectivity index (χ0n) is 15.7. The average Bonchev–Trinajstić information content (AvgIpc) is 2.72. The summed E-state index contributed by atoms with van der Waals surface area (Å²) in [5, 5.41) is 29.5. The van der Waals surface area contributed by atoms with Crippen LogP contribution < -0.4 is 5.73 Å². The Kier molecular flexibility index (Phi) is 5.13. The van der Waals surface area contributed by atoms with Gasteiger partial charge in [-0.25, -0.2) is 0 Å². The van der Waals surface area contributed by atoms with Crippen LogP contribution in [-0.4, -0.2) is 24.5 Å². The summed E-state index contributed by atoms with van der Waals surface area (Å²) in [6.07, 6.45) is -2.63.